The molecule has 112 valence electrons. The Morgan fingerprint density at radius 3 is 2.30 bits per heavy atom. The second-order valence-corrected chi connectivity index (χ2v) is 5.51. The van der Waals surface area contributed by atoms with E-state index < -0.39 is 0 Å². The number of carbonyl (C=O) groups is 2. The smallest absolute Gasteiger partial charge is 0.259 e. The van der Waals surface area contributed by atoms with Crippen molar-refractivity contribution < 1.29 is 9.59 Å². The number of anilines is 1. The minimum Gasteiger partial charge on any atom is -0.380 e. The molecule has 0 aromatic heterocycles. The van der Waals surface area contributed by atoms with Crippen LogP contribution in [0.3, 0.4) is 0 Å². The van der Waals surface area contributed by atoms with Gasteiger partial charge in [-0.05, 0) is 17.0 Å². The van der Waals surface area contributed by atoms with Gasteiger partial charge in [-0.3, -0.25) is 14.9 Å². The van der Waals surface area contributed by atoms with Crippen molar-refractivity contribution in [2.24, 2.45) is 0 Å². The third kappa shape index (κ3) is 2.25. The summed E-state index contributed by atoms with van der Waals surface area (Å²) in [4.78, 5) is 24.0. The van der Waals surface area contributed by atoms with Gasteiger partial charge in [-0.25, -0.2) is 0 Å². The van der Waals surface area contributed by atoms with Crippen molar-refractivity contribution in [1.82, 2.24) is 5.32 Å². The van der Waals surface area contributed by atoms with Crippen molar-refractivity contribution in [2.45, 2.75) is 6.54 Å². The Bertz CT molecular complexity index is 933. The second-order valence-electron chi connectivity index (χ2n) is 5.51. The van der Waals surface area contributed by atoms with Gasteiger partial charge in [0.25, 0.3) is 11.8 Å². The summed E-state index contributed by atoms with van der Waals surface area (Å²) in [7, 11) is 0. The normalized spacial score (nSPS) is 13.0. The topological polar surface area (TPSA) is 58.2 Å². The Kier molecular flexibility index (Phi) is 3.08. The molecule has 1 aliphatic rings. The van der Waals surface area contributed by atoms with Crippen molar-refractivity contribution in [3.8, 4) is 0 Å². The van der Waals surface area contributed by atoms with Crippen LogP contribution in [0.4, 0.5) is 5.69 Å². The first kappa shape index (κ1) is 13.5. The maximum Gasteiger partial charge on any atom is 0.259 e. The number of hydrogen-bond acceptors (Lipinski definition) is 3. The van der Waals surface area contributed by atoms with Crippen molar-refractivity contribution in [3.63, 3.8) is 0 Å². The average Bonchev–Trinajstić information content (AvgIpc) is 2.88. The Balaban J connectivity index is 1.81. The van der Waals surface area contributed by atoms with Crippen molar-refractivity contribution in [1.29, 1.82) is 0 Å². The SMILES string of the molecule is O=C1NC(=O)c2c1cc(NCc1ccccc1)c1ccccc21. The zero-order valence-corrected chi connectivity index (χ0v) is 12.3. The van der Waals surface area contributed by atoms with Crippen molar-refractivity contribution in [2.75, 3.05) is 5.32 Å². The fourth-order valence-electron chi connectivity index (χ4n) is 2.97. The average molecular weight is 302 g/mol. The van der Waals surface area contributed by atoms with Crippen molar-refractivity contribution in [3.05, 3.63) is 77.4 Å². The summed E-state index contributed by atoms with van der Waals surface area (Å²) in [5.41, 5.74) is 2.91. The molecule has 0 saturated carbocycles. The second kappa shape index (κ2) is 5.25. The van der Waals surface area contributed by atoms with Crippen LogP contribution in [-0.2, 0) is 6.54 Å². The number of benzene rings is 3. The molecule has 2 amide bonds. The fraction of sp³-hybridized carbons (Fsp3) is 0.0526. The minimum atomic E-state index is -0.335. The van der Waals surface area contributed by atoms with Crippen LogP contribution in [0.1, 0.15) is 26.3 Å². The number of imide groups is 1. The van der Waals surface area contributed by atoms with E-state index in [1.54, 1.807) is 6.07 Å². The van der Waals surface area contributed by atoms with Gasteiger partial charge in [0.2, 0.25) is 0 Å². The maximum atomic E-state index is 12.0. The van der Waals surface area contributed by atoms with Crippen LogP contribution in [0.15, 0.2) is 60.7 Å². The number of nitrogens with one attached hydrogen (secondary N) is 2. The molecule has 4 nitrogen and oxygen atoms in total. The van der Waals surface area contributed by atoms with E-state index in [1.165, 1.54) is 0 Å². The first-order valence-corrected chi connectivity index (χ1v) is 7.43. The van der Waals surface area contributed by atoms with Gasteiger partial charge in [-0.2, -0.15) is 0 Å². The summed E-state index contributed by atoms with van der Waals surface area (Å²) in [5, 5.41) is 7.48. The van der Waals surface area contributed by atoms with E-state index in [0.29, 0.717) is 17.7 Å². The van der Waals surface area contributed by atoms with Gasteiger partial charge in [0.15, 0.2) is 0 Å². The lowest BCUT2D eigenvalue weighted by molar-refractivity contribution is 0.0880. The van der Waals surface area contributed by atoms with Crippen LogP contribution in [0.2, 0.25) is 0 Å². The molecule has 4 heteroatoms. The predicted octanol–water partition coefficient (Wildman–Crippen LogP) is 3.34. The first-order valence-electron chi connectivity index (χ1n) is 7.43. The molecule has 0 atom stereocenters. The van der Waals surface area contributed by atoms with Gasteiger partial charge in [0, 0.05) is 17.6 Å². The van der Waals surface area contributed by atoms with E-state index in [4.69, 9.17) is 0 Å². The van der Waals surface area contributed by atoms with Gasteiger partial charge in [0.05, 0.1) is 11.1 Å². The molecule has 1 heterocycles. The molecule has 3 aromatic carbocycles. The number of amides is 2. The molecule has 4 rings (SSSR count). The molecule has 0 spiro atoms. The number of hydrogen-bond donors (Lipinski definition) is 2. The highest BCUT2D eigenvalue weighted by molar-refractivity contribution is 6.28. The van der Waals surface area contributed by atoms with Gasteiger partial charge in [-0.1, -0.05) is 54.6 Å². The fourth-order valence-corrected chi connectivity index (χ4v) is 2.97. The molecule has 0 unspecified atom stereocenters. The highest BCUT2D eigenvalue weighted by Gasteiger charge is 2.29. The molecule has 3 aromatic rings. The Labute approximate surface area is 133 Å². The summed E-state index contributed by atoms with van der Waals surface area (Å²) < 4.78 is 0. The van der Waals surface area contributed by atoms with E-state index in [0.717, 1.165) is 22.0 Å². The zero-order chi connectivity index (χ0) is 15.8. The standard InChI is InChI=1S/C19H14N2O2/c22-18-15-10-16(20-11-12-6-2-1-3-7-12)13-8-4-5-9-14(13)17(15)19(23)21-18/h1-10,20H,11H2,(H,21,22,23). The van der Waals surface area contributed by atoms with E-state index >= 15 is 0 Å². The highest BCUT2D eigenvalue weighted by Crippen LogP contribution is 2.32. The van der Waals surface area contributed by atoms with Gasteiger partial charge in [0.1, 0.15) is 0 Å². The summed E-state index contributed by atoms with van der Waals surface area (Å²) in [5.74, 6) is -0.658. The summed E-state index contributed by atoms with van der Waals surface area (Å²) in [6, 6.07) is 19.4. The molecule has 0 fully saturated rings. The lowest BCUT2D eigenvalue weighted by atomic mass is 9.98. The lowest BCUT2D eigenvalue weighted by Crippen LogP contribution is -2.19. The molecular formula is C19H14N2O2. The Morgan fingerprint density at radius 1 is 0.826 bits per heavy atom. The lowest BCUT2D eigenvalue weighted by Gasteiger charge is -2.12. The number of rotatable bonds is 3. The quantitative estimate of drug-likeness (QED) is 0.730. The summed E-state index contributed by atoms with van der Waals surface area (Å²) in [6.45, 7) is 0.652. The first-order chi connectivity index (χ1) is 11.2. The molecule has 0 saturated heterocycles. The molecule has 0 bridgehead atoms. The molecule has 2 N–H and O–H groups in total. The summed E-state index contributed by atoms with van der Waals surface area (Å²) >= 11 is 0. The van der Waals surface area contributed by atoms with Gasteiger partial charge in [-0.15, -0.1) is 0 Å². The molecule has 1 aliphatic heterocycles. The van der Waals surface area contributed by atoms with Crippen LogP contribution in [0.25, 0.3) is 10.8 Å². The van der Waals surface area contributed by atoms with Crippen LogP contribution in [0.5, 0.6) is 0 Å². The maximum absolute atomic E-state index is 12.0. The molecule has 0 radical (unpaired) electrons. The minimum absolute atomic E-state index is 0.323. The van der Waals surface area contributed by atoms with Crippen molar-refractivity contribution >= 4 is 28.3 Å². The zero-order valence-electron chi connectivity index (χ0n) is 12.3. The molecular weight excluding hydrogens is 288 g/mol. The van der Waals surface area contributed by atoms with Crippen LogP contribution < -0.4 is 10.6 Å². The molecule has 0 aliphatic carbocycles. The van der Waals surface area contributed by atoms with E-state index in [1.807, 2.05) is 54.6 Å². The number of carbonyl (C=O) groups excluding carboxylic acids is 2. The van der Waals surface area contributed by atoms with E-state index in [2.05, 4.69) is 10.6 Å². The van der Waals surface area contributed by atoms with E-state index in [-0.39, 0.29) is 11.8 Å². The highest BCUT2D eigenvalue weighted by atomic mass is 16.2. The van der Waals surface area contributed by atoms with Crippen LogP contribution >= 0.6 is 0 Å². The Hall–Kier alpha value is -3.14. The Morgan fingerprint density at radius 2 is 1.52 bits per heavy atom. The van der Waals surface area contributed by atoms with Crippen LogP contribution in [0, 0.1) is 0 Å². The third-order valence-corrected chi connectivity index (χ3v) is 4.07. The molecule has 23 heavy (non-hydrogen) atoms. The predicted molar refractivity (Wildman–Crippen MR) is 89.5 cm³/mol. The van der Waals surface area contributed by atoms with Gasteiger partial charge < -0.3 is 5.32 Å². The number of fused-ring (bicyclic) bond motifs is 3. The summed E-state index contributed by atoms with van der Waals surface area (Å²) in [6.07, 6.45) is 0. The third-order valence-electron chi connectivity index (χ3n) is 4.07. The van der Waals surface area contributed by atoms with Gasteiger partial charge >= 0.3 is 0 Å². The largest absolute Gasteiger partial charge is 0.380 e. The van der Waals surface area contributed by atoms with Crippen LogP contribution in [-0.4, -0.2) is 11.8 Å². The van der Waals surface area contributed by atoms with E-state index in [9.17, 15) is 9.59 Å². The monoisotopic (exact) mass is 302 g/mol.